The summed E-state index contributed by atoms with van der Waals surface area (Å²) < 4.78 is 14.8. The molecule has 4 nitrogen and oxygen atoms in total. The van der Waals surface area contributed by atoms with Crippen molar-refractivity contribution in [3.63, 3.8) is 0 Å². The molecule has 0 aliphatic heterocycles. The van der Waals surface area contributed by atoms with Gasteiger partial charge in [0.15, 0.2) is 0 Å². The minimum Gasteiger partial charge on any atom is -0.478 e. The maximum absolute atomic E-state index is 13.5. The maximum Gasteiger partial charge on any atom is 0.336 e. The largest absolute Gasteiger partial charge is 0.478 e. The lowest BCUT2D eigenvalue weighted by Gasteiger charge is -2.13. The zero-order valence-electron chi connectivity index (χ0n) is 10.2. The van der Waals surface area contributed by atoms with Gasteiger partial charge in [0.1, 0.15) is 5.82 Å². The van der Waals surface area contributed by atoms with E-state index in [4.69, 9.17) is 0 Å². The van der Waals surface area contributed by atoms with E-state index in [0.29, 0.717) is 10.9 Å². The fraction of sp³-hybridized carbons (Fsp3) is 0.231. The molecule has 0 saturated carbocycles. The van der Waals surface area contributed by atoms with E-state index in [-0.39, 0.29) is 16.7 Å². The van der Waals surface area contributed by atoms with Gasteiger partial charge < -0.3 is 9.67 Å². The van der Waals surface area contributed by atoms with Crippen LogP contribution in [-0.4, -0.2) is 15.6 Å². The van der Waals surface area contributed by atoms with Crippen molar-refractivity contribution in [2.75, 3.05) is 0 Å². The molecule has 18 heavy (non-hydrogen) atoms. The molecule has 1 N–H and O–H groups in total. The molecule has 0 spiro atoms. The van der Waals surface area contributed by atoms with Crippen LogP contribution in [0.4, 0.5) is 4.39 Å². The minimum absolute atomic E-state index is 0.0591. The maximum atomic E-state index is 13.5. The van der Waals surface area contributed by atoms with Gasteiger partial charge in [0.05, 0.1) is 11.1 Å². The first-order chi connectivity index (χ1) is 8.36. The molecule has 0 bridgehead atoms. The quantitative estimate of drug-likeness (QED) is 0.840. The predicted molar refractivity (Wildman–Crippen MR) is 65.6 cm³/mol. The summed E-state index contributed by atoms with van der Waals surface area (Å²) in [6.45, 7) is 2.99. The lowest BCUT2D eigenvalue weighted by atomic mass is 10.0. The van der Waals surface area contributed by atoms with Crippen molar-refractivity contribution in [1.29, 1.82) is 0 Å². The number of halogens is 1. The summed E-state index contributed by atoms with van der Waals surface area (Å²) in [5.74, 6) is -1.64. The second-order valence-electron chi connectivity index (χ2n) is 4.24. The highest BCUT2D eigenvalue weighted by Gasteiger charge is 2.19. The van der Waals surface area contributed by atoms with Crippen LogP contribution in [-0.2, 0) is 7.05 Å². The first-order valence-electron chi connectivity index (χ1n) is 5.38. The molecule has 0 amide bonds. The molecule has 0 aliphatic rings. The van der Waals surface area contributed by atoms with Gasteiger partial charge >= 0.3 is 5.97 Å². The number of pyridine rings is 1. The van der Waals surface area contributed by atoms with E-state index in [0.717, 1.165) is 0 Å². The molecule has 2 rings (SSSR count). The number of benzene rings is 1. The van der Waals surface area contributed by atoms with Crippen molar-refractivity contribution in [2.24, 2.45) is 7.05 Å². The number of fused-ring (bicyclic) bond motifs is 1. The summed E-state index contributed by atoms with van der Waals surface area (Å²) >= 11 is 0. The summed E-state index contributed by atoms with van der Waals surface area (Å²) in [4.78, 5) is 23.2. The number of aromatic nitrogens is 1. The van der Waals surface area contributed by atoms with Gasteiger partial charge in [-0.2, -0.15) is 0 Å². The molecule has 1 aromatic carbocycles. The highest BCUT2D eigenvalue weighted by Crippen LogP contribution is 2.24. The second-order valence-corrected chi connectivity index (χ2v) is 4.24. The van der Waals surface area contributed by atoms with E-state index < -0.39 is 17.3 Å². The van der Waals surface area contributed by atoms with Crippen LogP contribution in [0, 0.1) is 19.7 Å². The second kappa shape index (κ2) is 3.94. The van der Waals surface area contributed by atoms with E-state index >= 15 is 0 Å². The average molecular weight is 249 g/mol. The first-order valence-corrected chi connectivity index (χ1v) is 5.38. The molecule has 0 unspecified atom stereocenters. The van der Waals surface area contributed by atoms with Gasteiger partial charge in [0.2, 0.25) is 0 Å². The van der Waals surface area contributed by atoms with Crippen molar-refractivity contribution < 1.29 is 14.3 Å². The van der Waals surface area contributed by atoms with Crippen molar-refractivity contribution in [3.8, 4) is 0 Å². The third-order valence-electron chi connectivity index (χ3n) is 3.18. The average Bonchev–Trinajstić information content (AvgIpc) is 2.30. The fourth-order valence-corrected chi connectivity index (χ4v) is 2.25. The molecule has 1 heterocycles. The number of aromatic carboxylic acids is 1. The van der Waals surface area contributed by atoms with Crippen LogP contribution < -0.4 is 5.56 Å². The third kappa shape index (κ3) is 1.51. The van der Waals surface area contributed by atoms with Gasteiger partial charge in [-0.1, -0.05) is 0 Å². The molecule has 0 atom stereocenters. The van der Waals surface area contributed by atoms with Gasteiger partial charge in [-0.3, -0.25) is 4.79 Å². The van der Waals surface area contributed by atoms with E-state index in [1.54, 1.807) is 0 Å². The van der Waals surface area contributed by atoms with Gasteiger partial charge in [-0.15, -0.1) is 0 Å². The summed E-state index contributed by atoms with van der Waals surface area (Å²) in [6, 6.07) is 2.61. The lowest BCUT2D eigenvalue weighted by Crippen LogP contribution is -2.24. The Morgan fingerprint density at radius 3 is 2.44 bits per heavy atom. The number of aryl methyl sites for hydroxylation is 2. The van der Waals surface area contributed by atoms with Crippen molar-refractivity contribution in [2.45, 2.75) is 13.8 Å². The molecule has 0 saturated heterocycles. The number of hydrogen-bond acceptors (Lipinski definition) is 2. The monoisotopic (exact) mass is 249 g/mol. The number of carbonyl (C=O) groups is 1. The molecule has 94 valence electrons. The van der Waals surface area contributed by atoms with Gasteiger partial charge in [-0.05, 0) is 26.0 Å². The first kappa shape index (κ1) is 12.3. The number of carboxylic acid groups (broad SMARTS) is 1. The van der Waals surface area contributed by atoms with Crippen molar-refractivity contribution >= 4 is 16.9 Å². The zero-order valence-corrected chi connectivity index (χ0v) is 10.2. The Kier molecular flexibility index (Phi) is 2.69. The highest BCUT2D eigenvalue weighted by atomic mass is 19.1. The van der Waals surface area contributed by atoms with Crippen LogP contribution in [0.3, 0.4) is 0 Å². The number of nitrogens with zero attached hydrogens (tertiary/aromatic N) is 1. The molecule has 0 fully saturated rings. The van der Waals surface area contributed by atoms with Crippen LogP contribution in [0.15, 0.2) is 16.9 Å². The summed E-state index contributed by atoms with van der Waals surface area (Å²) in [6.07, 6.45) is 0. The molecule has 0 radical (unpaired) electrons. The molecule has 2 aromatic rings. The van der Waals surface area contributed by atoms with Crippen LogP contribution in [0.25, 0.3) is 10.9 Å². The minimum atomic E-state index is -1.18. The Bertz CT molecular complexity index is 731. The van der Waals surface area contributed by atoms with E-state index in [9.17, 15) is 19.1 Å². The zero-order chi connectivity index (χ0) is 13.6. The Labute approximate surface area is 102 Å². The molecule has 5 heteroatoms. The van der Waals surface area contributed by atoms with Crippen molar-refractivity contribution in [3.05, 3.63) is 45.0 Å². The van der Waals surface area contributed by atoms with E-state index in [2.05, 4.69) is 0 Å². The van der Waals surface area contributed by atoms with Crippen LogP contribution in [0.5, 0.6) is 0 Å². The number of hydrogen-bond donors (Lipinski definition) is 1. The Morgan fingerprint density at radius 2 is 1.89 bits per heavy atom. The molecule has 1 aromatic heterocycles. The number of carboxylic acids is 1. The molecule has 0 aliphatic carbocycles. The van der Waals surface area contributed by atoms with E-state index in [1.165, 1.54) is 37.6 Å². The molecular formula is C13H12FNO3. The van der Waals surface area contributed by atoms with Gasteiger partial charge in [-0.25, -0.2) is 9.18 Å². The lowest BCUT2D eigenvalue weighted by molar-refractivity contribution is 0.0698. The normalized spacial score (nSPS) is 10.9. The summed E-state index contributed by atoms with van der Waals surface area (Å²) in [5, 5.41) is 9.57. The smallest absolute Gasteiger partial charge is 0.336 e. The predicted octanol–water partition coefficient (Wildman–Crippen LogP) is 1.99. The topological polar surface area (TPSA) is 59.3 Å². The summed E-state index contributed by atoms with van der Waals surface area (Å²) in [7, 11) is 1.51. The standard InChI is InChI=1S/C13H12FNO3/c1-6-9(14)5-4-8-10(13(17)18)7(2)12(16)15(3)11(6)8/h4-5H,1-3H3,(H,17,18). The van der Waals surface area contributed by atoms with Gasteiger partial charge in [0.25, 0.3) is 5.56 Å². The Balaban J connectivity index is 3.17. The Hall–Kier alpha value is -2.17. The van der Waals surface area contributed by atoms with Crippen LogP contribution in [0.1, 0.15) is 21.5 Å². The highest BCUT2D eigenvalue weighted by molar-refractivity contribution is 6.04. The summed E-state index contributed by atoms with van der Waals surface area (Å²) in [5.41, 5.74) is 0.269. The van der Waals surface area contributed by atoms with E-state index in [1.807, 2.05) is 0 Å². The fourth-order valence-electron chi connectivity index (χ4n) is 2.25. The Morgan fingerprint density at radius 1 is 1.28 bits per heavy atom. The van der Waals surface area contributed by atoms with Crippen LogP contribution in [0.2, 0.25) is 0 Å². The third-order valence-corrected chi connectivity index (χ3v) is 3.18. The van der Waals surface area contributed by atoms with Crippen LogP contribution >= 0.6 is 0 Å². The SMILES string of the molecule is Cc1c(C(=O)O)c2ccc(F)c(C)c2n(C)c1=O. The van der Waals surface area contributed by atoms with Gasteiger partial charge in [0, 0.05) is 23.6 Å². The van der Waals surface area contributed by atoms with Crippen molar-refractivity contribution in [1.82, 2.24) is 4.57 Å². The number of rotatable bonds is 1. The molecular weight excluding hydrogens is 237 g/mol.